The summed E-state index contributed by atoms with van der Waals surface area (Å²) >= 11 is 6.02. The Hall–Kier alpha value is -1.26. The lowest BCUT2D eigenvalue weighted by Crippen LogP contribution is -2.08. The molecule has 0 aliphatic carbocycles. The third-order valence-corrected chi connectivity index (χ3v) is 2.62. The van der Waals surface area contributed by atoms with Crippen LogP contribution in [-0.2, 0) is 6.42 Å². The molecule has 2 rings (SSSR count). The molecule has 4 nitrogen and oxygen atoms in total. The van der Waals surface area contributed by atoms with Gasteiger partial charge in [-0.3, -0.25) is 4.40 Å². The zero-order valence-corrected chi connectivity index (χ0v) is 9.90. The summed E-state index contributed by atoms with van der Waals surface area (Å²) < 4.78 is 7.06. The SMILES string of the molecule is COc1cccc2c(Cl)nc(CC(C)O)n12. The maximum atomic E-state index is 9.40. The lowest BCUT2D eigenvalue weighted by molar-refractivity contribution is 0.192. The number of hydrogen-bond donors (Lipinski definition) is 1. The third kappa shape index (κ3) is 1.86. The van der Waals surface area contributed by atoms with Crippen molar-refractivity contribution in [2.45, 2.75) is 19.4 Å². The van der Waals surface area contributed by atoms with E-state index < -0.39 is 6.10 Å². The minimum atomic E-state index is -0.466. The molecule has 16 heavy (non-hydrogen) atoms. The highest BCUT2D eigenvalue weighted by atomic mass is 35.5. The van der Waals surface area contributed by atoms with Crippen molar-refractivity contribution in [3.05, 3.63) is 29.2 Å². The lowest BCUT2D eigenvalue weighted by atomic mass is 10.3. The standard InChI is InChI=1S/C11H13ClN2O2/c1-7(15)6-9-13-11(12)8-4-3-5-10(16-2)14(8)9/h3-5,7,15H,6H2,1-2H3. The number of nitrogens with zero attached hydrogens (tertiary/aromatic N) is 2. The number of methoxy groups -OCH3 is 1. The average molecular weight is 241 g/mol. The maximum Gasteiger partial charge on any atom is 0.199 e. The van der Waals surface area contributed by atoms with E-state index in [-0.39, 0.29) is 0 Å². The second kappa shape index (κ2) is 4.31. The van der Waals surface area contributed by atoms with Crippen LogP contribution in [0.15, 0.2) is 18.2 Å². The number of imidazole rings is 1. The summed E-state index contributed by atoms with van der Waals surface area (Å²) in [6, 6.07) is 5.55. The molecule has 1 unspecified atom stereocenters. The quantitative estimate of drug-likeness (QED) is 0.892. The van der Waals surface area contributed by atoms with Crippen molar-refractivity contribution in [1.82, 2.24) is 9.38 Å². The van der Waals surface area contributed by atoms with Crippen LogP contribution in [0.4, 0.5) is 0 Å². The smallest absolute Gasteiger partial charge is 0.199 e. The summed E-state index contributed by atoms with van der Waals surface area (Å²) in [6.07, 6.45) is -0.0274. The van der Waals surface area contributed by atoms with Gasteiger partial charge in [-0.05, 0) is 19.1 Å². The summed E-state index contributed by atoms with van der Waals surface area (Å²) in [5.41, 5.74) is 0.789. The molecule has 1 atom stereocenters. The molecule has 0 saturated heterocycles. The van der Waals surface area contributed by atoms with Gasteiger partial charge in [0.25, 0.3) is 0 Å². The molecule has 0 saturated carbocycles. The van der Waals surface area contributed by atoms with Crippen LogP contribution < -0.4 is 4.74 Å². The number of rotatable bonds is 3. The van der Waals surface area contributed by atoms with E-state index in [1.54, 1.807) is 14.0 Å². The number of fused-ring (bicyclic) bond motifs is 1. The summed E-state index contributed by atoms with van der Waals surface area (Å²) in [5.74, 6) is 1.36. The van der Waals surface area contributed by atoms with E-state index in [0.717, 1.165) is 5.52 Å². The first kappa shape index (κ1) is 11.2. The van der Waals surface area contributed by atoms with Gasteiger partial charge >= 0.3 is 0 Å². The Balaban J connectivity index is 2.64. The van der Waals surface area contributed by atoms with Crippen LogP contribution in [0, 0.1) is 0 Å². The van der Waals surface area contributed by atoms with E-state index in [4.69, 9.17) is 16.3 Å². The van der Waals surface area contributed by atoms with Gasteiger partial charge in [-0.15, -0.1) is 0 Å². The Morgan fingerprint density at radius 1 is 1.56 bits per heavy atom. The Morgan fingerprint density at radius 2 is 2.31 bits per heavy atom. The largest absolute Gasteiger partial charge is 0.482 e. The van der Waals surface area contributed by atoms with Gasteiger partial charge in [-0.2, -0.15) is 0 Å². The number of pyridine rings is 1. The summed E-state index contributed by atoms with van der Waals surface area (Å²) in [6.45, 7) is 1.71. The molecular formula is C11H13ClN2O2. The first-order chi connectivity index (χ1) is 7.63. The van der Waals surface area contributed by atoms with Crippen LogP contribution >= 0.6 is 11.6 Å². The highest BCUT2D eigenvalue weighted by Crippen LogP contribution is 2.24. The minimum Gasteiger partial charge on any atom is -0.482 e. The molecule has 0 fully saturated rings. The van der Waals surface area contributed by atoms with E-state index in [9.17, 15) is 5.11 Å². The van der Waals surface area contributed by atoms with Gasteiger partial charge in [0.15, 0.2) is 11.0 Å². The first-order valence-corrected chi connectivity index (χ1v) is 5.39. The first-order valence-electron chi connectivity index (χ1n) is 5.01. The van der Waals surface area contributed by atoms with Crippen molar-refractivity contribution in [2.24, 2.45) is 0 Å². The second-order valence-electron chi connectivity index (χ2n) is 3.66. The van der Waals surface area contributed by atoms with Crippen LogP contribution in [0.2, 0.25) is 5.15 Å². The lowest BCUT2D eigenvalue weighted by Gasteiger charge is -2.07. The molecule has 0 aromatic carbocycles. The number of halogens is 1. The van der Waals surface area contributed by atoms with E-state index in [1.165, 1.54) is 0 Å². The van der Waals surface area contributed by atoms with Gasteiger partial charge in [-0.1, -0.05) is 17.7 Å². The van der Waals surface area contributed by atoms with Crippen molar-refractivity contribution in [3.63, 3.8) is 0 Å². The molecule has 86 valence electrons. The van der Waals surface area contributed by atoms with Crippen molar-refractivity contribution in [3.8, 4) is 5.88 Å². The average Bonchev–Trinajstić information content (AvgIpc) is 2.55. The van der Waals surface area contributed by atoms with Gasteiger partial charge in [0.1, 0.15) is 5.82 Å². The van der Waals surface area contributed by atoms with Crippen molar-refractivity contribution >= 4 is 17.1 Å². The monoisotopic (exact) mass is 240 g/mol. The van der Waals surface area contributed by atoms with Crippen LogP contribution in [0.25, 0.3) is 5.52 Å². The molecule has 0 aliphatic rings. The highest BCUT2D eigenvalue weighted by molar-refractivity contribution is 6.32. The topological polar surface area (TPSA) is 46.8 Å². The van der Waals surface area contributed by atoms with Gasteiger partial charge in [0, 0.05) is 6.42 Å². The predicted molar refractivity (Wildman–Crippen MR) is 62.1 cm³/mol. The zero-order chi connectivity index (χ0) is 11.7. The van der Waals surface area contributed by atoms with Crippen LogP contribution in [0.1, 0.15) is 12.7 Å². The molecule has 0 aliphatic heterocycles. The van der Waals surface area contributed by atoms with Crippen molar-refractivity contribution < 1.29 is 9.84 Å². The number of aliphatic hydroxyl groups excluding tert-OH is 1. The molecule has 5 heteroatoms. The second-order valence-corrected chi connectivity index (χ2v) is 4.02. The van der Waals surface area contributed by atoms with Gasteiger partial charge in [0.2, 0.25) is 0 Å². The highest BCUT2D eigenvalue weighted by Gasteiger charge is 2.14. The summed E-state index contributed by atoms with van der Waals surface area (Å²) in [4.78, 5) is 4.23. The van der Waals surface area contributed by atoms with Gasteiger partial charge in [0.05, 0.1) is 18.7 Å². The van der Waals surface area contributed by atoms with Crippen molar-refractivity contribution in [1.29, 1.82) is 0 Å². The molecule has 0 amide bonds. The fourth-order valence-electron chi connectivity index (χ4n) is 1.70. The Bertz CT molecular complexity index is 508. The van der Waals surface area contributed by atoms with Crippen LogP contribution in [0.3, 0.4) is 0 Å². The minimum absolute atomic E-state index is 0.426. The molecule has 0 spiro atoms. The van der Waals surface area contributed by atoms with Crippen molar-refractivity contribution in [2.75, 3.05) is 7.11 Å². The Morgan fingerprint density at radius 3 is 2.94 bits per heavy atom. The Labute approximate surface area is 98.4 Å². The Kier molecular flexibility index (Phi) is 3.03. The predicted octanol–water partition coefficient (Wildman–Crippen LogP) is 1.92. The van der Waals surface area contributed by atoms with E-state index in [0.29, 0.717) is 23.3 Å². The normalized spacial score (nSPS) is 13.0. The van der Waals surface area contributed by atoms with Gasteiger partial charge in [-0.25, -0.2) is 4.98 Å². The molecule has 2 aromatic heterocycles. The molecule has 1 N–H and O–H groups in total. The molecule has 0 radical (unpaired) electrons. The number of aromatic nitrogens is 2. The summed E-state index contributed by atoms with van der Waals surface area (Å²) in [7, 11) is 1.59. The van der Waals surface area contributed by atoms with E-state index in [2.05, 4.69) is 4.98 Å². The molecular weight excluding hydrogens is 228 g/mol. The van der Waals surface area contributed by atoms with Crippen LogP contribution in [-0.4, -0.2) is 27.7 Å². The molecule has 2 heterocycles. The third-order valence-electron chi connectivity index (χ3n) is 2.34. The zero-order valence-electron chi connectivity index (χ0n) is 9.14. The number of ether oxygens (including phenoxy) is 1. The maximum absolute atomic E-state index is 9.40. The van der Waals surface area contributed by atoms with E-state index >= 15 is 0 Å². The van der Waals surface area contributed by atoms with Crippen LogP contribution in [0.5, 0.6) is 5.88 Å². The van der Waals surface area contributed by atoms with E-state index in [1.807, 2.05) is 22.6 Å². The number of aliphatic hydroxyl groups is 1. The fraction of sp³-hybridized carbons (Fsp3) is 0.364. The number of hydrogen-bond acceptors (Lipinski definition) is 3. The molecule has 0 bridgehead atoms. The molecule has 2 aromatic rings. The van der Waals surface area contributed by atoms with Gasteiger partial charge < -0.3 is 9.84 Å². The fourth-order valence-corrected chi connectivity index (χ4v) is 1.94. The summed E-state index contributed by atoms with van der Waals surface area (Å²) in [5, 5.41) is 9.83.